The van der Waals surface area contributed by atoms with Crippen molar-refractivity contribution in [3.05, 3.63) is 0 Å². The van der Waals surface area contributed by atoms with Crippen molar-refractivity contribution >= 4 is 0 Å². The predicted molar refractivity (Wildman–Crippen MR) is 77.3 cm³/mol. The Kier molecular flexibility index (Phi) is 6.07. The van der Waals surface area contributed by atoms with Gasteiger partial charge in [0.25, 0.3) is 0 Å². The minimum Gasteiger partial charge on any atom is -0.348 e. The first-order valence-corrected chi connectivity index (χ1v) is 7.84. The Hall–Kier alpha value is -0.160. The second kappa shape index (κ2) is 7.58. The third-order valence-corrected chi connectivity index (χ3v) is 4.37. The molecule has 2 aliphatic rings. The van der Waals surface area contributed by atoms with Crippen LogP contribution in [0.25, 0.3) is 0 Å². The molecule has 0 aromatic carbocycles. The van der Waals surface area contributed by atoms with Gasteiger partial charge in [-0.1, -0.05) is 0 Å². The summed E-state index contributed by atoms with van der Waals surface area (Å²) in [6.45, 7) is 5.05. The van der Waals surface area contributed by atoms with Crippen LogP contribution in [0.3, 0.4) is 0 Å². The van der Waals surface area contributed by atoms with E-state index in [0.717, 1.165) is 45.1 Å². The number of ether oxygens (including phenoxy) is 2. The van der Waals surface area contributed by atoms with Gasteiger partial charge in [0, 0.05) is 12.8 Å². The monoisotopic (exact) mass is 270 g/mol. The van der Waals surface area contributed by atoms with E-state index in [9.17, 15) is 0 Å². The van der Waals surface area contributed by atoms with Gasteiger partial charge in [0.05, 0.1) is 13.2 Å². The van der Waals surface area contributed by atoms with Gasteiger partial charge in [-0.3, -0.25) is 0 Å². The highest BCUT2D eigenvalue weighted by molar-refractivity contribution is 4.82. The molecule has 1 spiro atoms. The molecule has 2 fully saturated rings. The van der Waals surface area contributed by atoms with Crippen LogP contribution in [0.2, 0.25) is 0 Å². The zero-order valence-corrected chi connectivity index (χ0v) is 12.6. The number of hydrogen-bond donors (Lipinski definition) is 1. The van der Waals surface area contributed by atoms with Gasteiger partial charge in [-0.25, -0.2) is 0 Å². The van der Waals surface area contributed by atoms with Gasteiger partial charge >= 0.3 is 0 Å². The Morgan fingerprint density at radius 1 is 1.11 bits per heavy atom. The van der Waals surface area contributed by atoms with Gasteiger partial charge in [-0.15, -0.1) is 0 Å². The van der Waals surface area contributed by atoms with Crippen LogP contribution in [-0.4, -0.2) is 57.6 Å². The van der Waals surface area contributed by atoms with Gasteiger partial charge < -0.3 is 19.7 Å². The molecule has 0 aromatic heterocycles. The second-order valence-electron chi connectivity index (χ2n) is 6.25. The first kappa shape index (κ1) is 15.2. The topological polar surface area (TPSA) is 33.7 Å². The fourth-order valence-corrected chi connectivity index (χ4v) is 3.14. The smallest absolute Gasteiger partial charge is 0.168 e. The molecule has 19 heavy (non-hydrogen) atoms. The summed E-state index contributed by atoms with van der Waals surface area (Å²) in [5, 5.41) is 3.56. The summed E-state index contributed by atoms with van der Waals surface area (Å²) >= 11 is 0. The zero-order chi connectivity index (χ0) is 13.6. The SMILES string of the molecule is CN(C)CCCNCCC1CCC2(CC1)OCCO2. The summed E-state index contributed by atoms with van der Waals surface area (Å²) in [6.07, 6.45) is 7.26. The van der Waals surface area contributed by atoms with E-state index >= 15 is 0 Å². The number of rotatable bonds is 7. The van der Waals surface area contributed by atoms with Crippen molar-refractivity contribution < 1.29 is 9.47 Å². The molecule has 4 heteroatoms. The molecule has 0 aromatic rings. The summed E-state index contributed by atoms with van der Waals surface area (Å²) < 4.78 is 11.5. The molecule has 1 aliphatic carbocycles. The van der Waals surface area contributed by atoms with E-state index in [4.69, 9.17) is 9.47 Å². The highest BCUT2D eigenvalue weighted by Crippen LogP contribution is 2.39. The predicted octanol–water partition coefficient (Wildman–Crippen LogP) is 1.85. The van der Waals surface area contributed by atoms with E-state index in [1.165, 1.54) is 32.2 Å². The van der Waals surface area contributed by atoms with Gasteiger partial charge in [-0.2, -0.15) is 0 Å². The molecular weight excluding hydrogens is 240 g/mol. The molecule has 0 unspecified atom stereocenters. The Bertz CT molecular complexity index is 243. The quantitative estimate of drug-likeness (QED) is 0.716. The van der Waals surface area contributed by atoms with Crippen molar-refractivity contribution in [1.29, 1.82) is 0 Å². The van der Waals surface area contributed by atoms with E-state index in [0.29, 0.717) is 0 Å². The lowest BCUT2D eigenvalue weighted by molar-refractivity contribution is -0.182. The lowest BCUT2D eigenvalue weighted by Crippen LogP contribution is -2.35. The second-order valence-corrected chi connectivity index (χ2v) is 6.25. The fraction of sp³-hybridized carbons (Fsp3) is 1.00. The van der Waals surface area contributed by atoms with E-state index in [-0.39, 0.29) is 5.79 Å². The molecule has 1 N–H and O–H groups in total. The molecular formula is C15H30N2O2. The van der Waals surface area contributed by atoms with Crippen LogP contribution in [-0.2, 0) is 9.47 Å². The summed E-state index contributed by atoms with van der Waals surface area (Å²) in [4.78, 5) is 2.24. The van der Waals surface area contributed by atoms with Crippen LogP contribution < -0.4 is 5.32 Å². The van der Waals surface area contributed by atoms with Crippen LogP contribution >= 0.6 is 0 Å². The summed E-state index contributed by atoms with van der Waals surface area (Å²) in [5.41, 5.74) is 0. The molecule has 0 radical (unpaired) electrons. The van der Waals surface area contributed by atoms with Gasteiger partial charge in [0.1, 0.15) is 0 Å². The third-order valence-electron chi connectivity index (χ3n) is 4.37. The third kappa shape index (κ3) is 5.03. The van der Waals surface area contributed by atoms with Crippen LogP contribution in [0.15, 0.2) is 0 Å². The normalized spacial score (nSPS) is 23.5. The van der Waals surface area contributed by atoms with Crippen LogP contribution in [0.4, 0.5) is 0 Å². The average molecular weight is 270 g/mol. The zero-order valence-electron chi connectivity index (χ0n) is 12.6. The van der Waals surface area contributed by atoms with Crippen molar-refractivity contribution in [1.82, 2.24) is 10.2 Å². The van der Waals surface area contributed by atoms with Crippen molar-refractivity contribution in [2.75, 3.05) is 46.9 Å². The summed E-state index contributed by atoms with van der Waals surface area (Å²) in [7, 11) is 4.26. The molecule has 0 atom stereocenters. The van der Waals surface area contributed by atoms with Crippen molar-refractivity contribution in [2.45, 2.75) is 44.3 Å². The number of nitrogens with zero attached hydrogens (tertiary/aromatic N) is 1. The fourth-order valence-electron chi connectivity index (χ4n) is 3.14. The van der Waals surface area contributed by atoms with Crippen LogP contribution in [0, 0.1) is 5.92 Å². The number of nitrogens with one attached hydrogen (secondary N) is 1. The Balaban J connectivity index is 1.49. The van der Waals surface area contributed by atoms with Gasteiger partial charge in [-0.05, 0) is 65.3 Å². The maximum absolute atomic E-state index is 5.77. The molecule has 1 saturated carbocycles. The summed E-state index contributed by atoms with van der Waals surface area (Å²) in [5.74, 6) is 0.676. The average Bonchev–Trinajstić information content (AvgIpc) is 2.84. The lowest BCUT2D eigenvalue weighted by atomic mass is 9.83. The molecule has 2 rings (SSSR count). The van der Waals surface area contributed by atoms with Crippen molar-refractivity contribution in [2.24, 2.45) is 5.92 Å². The Morgan fingerprint density at radius 3 is 2.42 bits per heavy atom. The standard InChI is InChI=1S/C15H30N2O2/c1-17(2)11-3-9-16-10-6-14-4-7-15(8-5-14)18-12-13-19-15/h14,16H,3-13H2,1-2H3. The molecule has 1 heterocycles. The lowest BCUT2D eigenvalue weighted by Gasteiger charge is -2.35. The van der Waals surface area contributed by atoms with Crippen molar-refractivity contribution in [3.63, 3.8) is 0 Å². The van der Waals surface area contributed by atoms with E-state index in [1.54, 1.807) is 0 Å². The molecule has 0 amide bonds. The minimum atomic E-state index is -0.185. The van der Waals surface area contributed by atoms with Crippen molar-refractivity contribution in [3.8, 4) is 0 Å². The van der Waals surface area contributed by atoms with E-state index in [1.807, 2.05) is 0 Å². The Labute approximate surface area is 117 Å². The number of hydrogen-bond acceptors (Lipinski definition) is 4. The van der Waals surface area contributed by atoms with Crippen LogP contribution in [0.1, 0.15) is 38.5 Å². The van der Waals surface area contributed by atoms with Gasteiger partial charge in [0.2, 0.25) is 0 Å². The Morgan fingerprint density at radius 2 is 1.79 bits per heavy atom. The maximum atomic E-state index is 5.77. The highest BCUT2D eigenvalue weighted by atomic mass is 16.7. The summed E-state index contributed by atoms with van der Waals surface area (Å²) in [6, 6.07) is 0. The van der Waals surface area contributed by atoms with Crippen LogP contribution in [0.5, 0.6) is 0 Å². The first-order chi connectivity index (χ1) is 9.20. The first-order valence-electron chi connectivity index (χ1n) is 7.84. The molecule has 112 valence electrons. The molecule has 0 bridgehead atoms. The molecule has 1 saturated heterocycles. The highest BCUT2D eigenvalue weighted by Gasteiger charge is 2.39. The minimum absolute atomic E-state index is 0.185. The van der Waals surface area contributed by atoms with E-state index in [2.05, 4.69) is 24.3 Å². The van der Waals surface area contributed by atoms with Gasteiger partial charge in [0.15, 0.2) is 5.79 Å². The molecule has 4 nitrogen and oxygen atoms in total. The largest absolute Gasteiger partial charge is 0.348 e. The molecule has 1 aliphatic heterocycles. The maximum Gasteiger partial charge on any atom is 0.168 e. The van der Waals surface area contributed by atoms with E-state index < -0.39 is 0 Å².